The molecular weight excluding hydrogens is 212 g/mol. The Morgan fingerprint density at radius 2 is 2.60 bits per heavy atom. The molecule has 1 N–H and O–H groups in total. The molecule has 1 aliphatic rings. The Bertz CT molecular complexity index is 345. The maximum atomic E-state index is 11.8. The van der Waals surface area contributed by atoms with Crippen molar-refractivity contribution < 1.29 is 9.32 Å². The predicted octanol–water partition coefficient (Wildman–Crippen LogP) is 2.06. The number of hydrogen-bond acceptors (Lipinski definition) is 4. The van der Waals surface area contributed by atoms with Crippen molar-refractivity contribution >= 4 is 23.5 Å². The molecule has 1 unspecified atom stereocenters. The number of aromatic nitrogens is 1. The van der Waals surface area contributed by atoms with E-state index in [-0.39, 0.29) is 11.8 Å². The van der Waals surface area contributed by atoms with Crippen LogP contribution in [0.1, 0.15) is 18.6 Å². The van der Waals surface area contributed by atoms with Crippen LogP contribution in [0, 0.1) is 12.8 Å². The number of thioether (sulfide) groups is 1. The van der Waals surface area contributed by atoms with Crippen molar-refractivity contribution in [2.75, 3.05) is 16.8 Å². The fraction of sp³-hybridized carbons (Fsp3) is 0.600. The van der Waals surface area contributed by atoms with E-state index in [2.05, 4.69) is 10.5 Å². The van der Waals surface area contributed by atoms with Crippen LogP contribution in [0.15, 0.2) is 10.6 Å². The minimum Gasteiger partial charge on any atom is -0.360 e. The van der Waals surface area contributed by atoms with E-state index >= 15 is 0 Å². The van der Waals surface area contributed by atoms with Crippen LogP contribution in [0.2, 0.25) is 0 Å². The number of hydrogen-bond donors (Lipinski definition) is 1. The Labute approximate surface area is 92.8 Å². The van der Waals surface area contributed by atoms with Crippen molar-refractivity contribution in [1.82, 2.24) is 5.16 Å². The summed E-state index contributed by atoms with van der Waals surface area (Å²) in [4.78, 5) is 11.8. The molecular formula is C10H14N2O2S. The van der Waals surface area contributed by atoms with Crippen LogP contribution in [0.3, 0.4) is 0 Å². The molecule has 1 aromatic heterocycles. The standard InChI is InChI=1S/C10H14N2O2S/c1-7-5-9(12-14-7)11-10(13)8-3-2-4-15-6-8/h5,8H,2-4,6H2,1H3,(H,11,12,13). The highest BCUT2D eigenvalue weighted by atomic mass is 32.2. The fourth-order valence-electron chi connectivity index (χ4n) is 1.60. The normalized spacial score (nSPS) is 21.3. The predicted molar refractivity (Wildman–Crippen MR) is 59.9 cm³/mol. The summed E-state index contributed by atoms with van der Waals surface area (Å²) in [5.74, 6) is 3.52. The fourth-order valence-corrected chi connectivity index (χ4v) is 2.74. The van der Waals surface area contributed by atoms with Gasteiger partial charge in [0.1, 0.15) is 5.76 Å². The average molecular weight is 226 g/mol. The van der Waals surface area contributed by atoms with E-state index in [1.165, 1.54) is 5.75 Å². The lowest BCUT2D eigenvalue weighted by molar-refractivity contribution is -0.119. The summed E-state index contributed by atoms with van der Waals surface area (Å²) in [6.07, 6.45) is 2.11. The third kappa shape index (κ3) is 2.75. The van der Waals surface area contributed by atoms with Gasteiger partial charge in [0.15, 0.2) is 5.82 Å². The van der Waals surface area contributed by atoms with Gasteiger partial charge in [0.2, 0.25) is 5.91 Å². The molecule has 0 spiro atoms. The van der Waals surface area contributed by atoms with Gasteiger partial charge in [-0.3, -0.25) is 4.79 Å². The van der Waals surface area contributed by atoms with Crippen LogP contribution in [0.25, 0.3) is 0 Å². The van der Waals surface area contributed by atoms with Crippen LogP contribution in [0.4, 0.5) is 5.82 Å². The zero-order valence-corrected chi connectivity index (χ0v) is 9.47. The number of rotatable bonds is 2. The summed E-state index contributed by atoms with van der Waals surface area (Å²) in [6, 6.07) is 1.73. The first-order valence-corrected chi connectivity index (χ1v) is 6.23. The Balaban J connectivity index is 1.91. The van der Waals surface area contributed by atoms with E-state index < -0.39 is 0 Å². The monoisotopic (exact) mass is 226 g/mol. The molecule has 1 saturated heterocycles. The van der Waals surface area contributed by atoms with Crippen LogP contribution < -0.4 is 5.32 Å². The van der Waals surface area contributed by atoms with Gasteiger partial charge in [-0.05, 0) is 25.5 Å². The maximum Gasteiger partial charge on any atom is 0.229 e. The largest absolute Gasteiger partial charge is 0.360 e. The highest BCUT2D eigenvalue weighted by Crippen LogP contribution is 2.23. The zero-order chi connectivity index (χ0) is 10.7. The van der Waals surface area contributed by atoms with Gasteiger partial charge >= 0.3 is 0 Å². The quantitative estimate of drug-likeness (QED) is 0.838. The first-order chi connectivity index (χ1) is 7.25. The summed E-state index contributed by atoms with van der Waals surface area (Å²) in [6.45, 7) is 1.80. The van der Waals surface area contributed by atoms with Crippen molar-refractivity contribution in [3.05, 3.63) is 11.8 Å². The molecule has 5 heteroatoms. The van der Waals surface area contributed by atoms with Crippen molar-refractivity contribution in [2.45, 2.75) is 19.8 Å². The number of carbonyl (C=O) groups is 1. The van der Waals surface area contributed by atoms with E-state index in [1.807, 2.05) is 11.8 Å². The summed E-state index contributed by atoms with van der Waals surface area (Å²) >= 11 is 1.84. The second-order valence-electron chi connectivity index (χ2n) is 3.73. The summed E-state index contributed by atoms with van der Waals surface area (Å²) < 4.78 is 4.88. The molecule has 2 heterocycles. The maximum absolute atomic E-state index is 11.8. The number of nitrogens with one attached hydrogen (secondary N) is 1. The van der Waals surface area contributed by atoms with E-state index in [4.69, 9.17) is 4.52 Å². The van der Waals surface area contributed by atoms with Crippen molar-refractivity contribution in [1.29, 1.82) is 0 Å². The molecule has 2 rings (SSSR count). The molecule has 82 valence electrons. The van der Waals surface area contributed by atoms with Crippen molar-refractivity contribution in [2.24, 2.45) is 5.92 Å². The van der Waals surface area contributed by atoms with Crippen LogP contribution in [-0.4, -0.2) is 22.6 Å². The molecule has 1 amide bonds. The number of aryl methyl sites for hydroxylation is 1. The Morgan fingerprint density at radius 1 is 1.73 bits per heavy atom. The first-order valence-electron chi connectivity index (χ1n) is 5.07. The average Bonchev–Trinajstić information content (AvgIpc) is 2.65. The van der Waals surface area contributed by atoms with Gasteiger partial charge in [-0.1, -0.05) is 5.16 Å². The molecule has 0 aliphatic carbocycles. The van der Waals surface area contributed by atoms with Gasteiger partial charge < -0.3 is 9.84 Å². The van der Waals surface area contributed by atoms with Crippen molar-refractivity contribution in [3.8, 4) is 0 Å². The summed E-state index contributed by atoms with van der Waals surface area (Å²) in [5.41, 5.74) is 0. The van der Waals surface area contributed by atoms with Crippen LogP contribution in [-0.2, 0) is 4.79 Å². The van der Waals surface area contributed by atoms with Gasteiger partial charge in [0.05, 0.1) is 0 Å². The first kappa shape index (κ1) is 10.5. The molecule has 1 atom stereocenters. The van der Waals surface area contributed by atoms with E-state index in [9.17, 15) is 4.79 Å². The molecule has 4 nitrogen and oxygen atoms in total. The Morgan fingerprint density at radius 3 is 3.20 bits per heavy atom. The summed E-state index contributed by atoms with van der Waals surface area (Å²) in [7, 11) is 0. The smallest absolute Gasteiger partial charge is 0.229 e. The Hall–Kier alpha value is -0.970. The van der Waals surface area contributed by atoms with E-state index in [1.54, 1.807) is 13.0 Å². The van der Waals surface area contributed by atoms with Gasteiger partial charge in [-0.25, -0.2) is 0 Å². The number of carbonyl (C=O) groups excluding carboxylic acids is 1. The lowest BCUT2D eigenvalue weighted by atomic mass is 10.0. The Kier molecular flexibility index (Phi) is 3.30. The number of nitrogens with zero attached hydrogens (tertiary/aromatic N) is 1. The number of anilines is 1. The van der Waals surface area contributed by atoms with E-state index in [0.717, 1.165) is 18.6 Å². The molecule has 1 aliphatic heterocycles. The van der Waals surface area contributed by atoms with Gasteiger partial charge in [0.25, 0.3) is 0 Å². The highest BCUT2D eigenvalue weighted by Gasteiger charge is 2.22. The molecule has 0 saturated carbocycles. The third-order valence-electron chi connectivity index (χ3n) is 2.41. The molecule has 0 bridgehead atoms. The third-order valence-corrected chi connectivity index (χ3v) is 3.63. The minimum absolute atomic E-state index is 0.0653. The second kappa shape index (κ2) is 4.70. The second-order valence-corrected chi connectivity index (χ2v) is 4.88. The van der Waals surface area contributed by atoms with Crippen LogP contribution >= 0.6 is 11.8 Å². The zero-order valence-electron chi connectivity index (χ0n) is 8.66. The van der Waals surface area contributed by atoms with Crippen LogP contribution in [0.5, 0.6) is 0 Å². The molecule has 0 radical (unpaired) electrons. The molecule has 0 aromatic carbocycles. The lowest BCUT2D eigenvalue weighted by Crippen LogP contribution is -2.27. The highest BCUT2D eigenvalue weighted by molar-refractivity contribution is 7.99. The molecule has 1 aromatic rings. The summed E-state index contributed by atoms with van der Waals surface area (Å²) in [5, 5.41) is 6.51. The SMILES string of the molecule is Cc1cc(NC(=O)C2CCCSC2)no1. The number of amides is 1. The van der Waals surface area contributed by atoms with Gasteiger partial charge in [-0.15, -0.1) is 0 Å². The minimum atomic E-state index is 0.0653. The van der Waals surface area contributed by atoms with Crippen molar-refractivity contribution in [3.63, 3.8) is 0 Å². The lowest BCUT2D eigenvalue weighted by Gasteiger charge is -2.19. The topological polar surface area (TPSA) is 55.1 Å². The van der Waals surface area contributed by atoms with Gasteiger partial charge in [0, 0.05) is 17.7 Å². The molecule has 15 heavy (non-hydrogen) atoms. The van der Waals surface area contributed by atoms with E-state index in [0.29, 0.717) is 11.6 Å². The molecule has 1 fully saturated rings. The van der Waals surface area contributed by atoms with Gasteiger partial charge in [-0.2, -0.15) is 11.8 Å².